The summed E-state index contributed by atoms with van der Waals surface area (Å²) in [5.74, 6) is 0.295. The van der Waals surface area contributed by atoms with E-state index in [1.54, 1.807) is 12.3 Å². The van der Waals surface area contributed by atoms with Crippen molar-refractivity contribution in [3.63, 3.8) is 0 Å². The highest BCUT2D eigenvalue weighted by molar-refractivity contribution is 5.84. The number of benzene rings is 3. The molecule has 0 bridgehead atoms. The zero-order valence-corrected chi connectivity index (χ0v) is 17.6. The van der Waals surface area contributed by atoms with E-state index in [-0.39, 0.29) is 0 Å². The predicted octanol–water partition coefficient (Wildman–Crippen LogP) is 4.84. The van der Waals surface area contributed by atoms with Gasteiger partial charge in [-0.3, -0.25) is 9.91 Å². The van der Waals surface area contributed by atoms with Crippen LogP contribution in [0.2, 0.25) is 0 Å². The van der Waals surface area contributed by atoms with Crippen molar-refractivity contribution in [2.45, 2.75) is 12.5 Å². The number of aromatic hydroxyl groups is 1. The van der Waals surface area contributed by atoms with E-state index in [0.29, 0.717) is 18.2 Å². The van der Waals surface area contributed by atoms with Crippen LogP contribution < -0.4 is 0 Å². The minimum atomic E-state index is 0.295. The maximum atomic E-state index is 10.5. The van der Waals surface area contributed by atoms with Crippen molar-refractivity contribution in [3.8, 4) is 16.9 Å². The number of nitrogens with zero attached hydrogens (tertiary/aromatic N) is 3. The molecule has 0 unspecified atom stereocenters. The van der Waals surface area contributed by atoms with Crippen LogP contribution in [-0.4, -0.2) is 47.4 Å². The van der Waals surface area contributed by atoms with E-state index in [0.717, 1.165) is 37.3 Å². The highest BCUT2D eigenvalue weighted by Crippen LogP contribution is 2.46. The van der Waals surface area contributed by atoms with Crippen LogP contribution in [-0.2, 0) is 6.42 Å². The molecule has 3 aromatic carbocycles. The van der Waals surface area contributed by atoms with Gasteiger partial charge >= 0.3 is 0 Å². The van der Waals surface area contributed by atoms with E-state index in [1.807, 2.05) is 18.2 Å². The molecule has 1 fully saturated rings. The van der Waals surface area contributed by atoms with Crippen molar-refractivity contribution in [2.75, 3.05) is 26.2 Å². The summed E-state index contributed by atoms with van der Waals surface area (Å²) in [6.07, 6.45) is 4.22. The lowest BCUT2D eigenvalue weighted by molar-refractivity contribution is 0.114. The minimum Gasteiger partial charge on any atom is -0.507 e. The van der Waals surface area contributed by atoms with Gasteiger partial charge in [0.25, 0.3) is 0 Å². The summed E-state index contributed by atoms with van der Waals surface area (Å²) in [4.78, 5) is 2.57. The van der Waals surface area contributed by atoms with Gasteiger partial charge < -0.3 is 5.11 Å². The van der Waals surface area contributed by atoms with E-state index >= 15 is 0 Å². The summed E-state index contributed by atoms with van der Waals surface area (Å²) in [7, 11) is 0. The predicted molar refractivity (Wildman–Crippen MR) is 126 cm³/mol. The fraction of sp³-hybridized carbons (Fsp3) is 0.222. The van der Waals surface area contributed by atoms with Crippen molar-refractivity contribution in [2.24, 2.45) is 5.10 Å². The number of hydrogen-bond donors (Lipinski definition) is 1. The first-order valence-corrected chi connectivity index (χ1v) is 10.9. The lowest BCUT2D eigenvalue weighted by atomic mass is 10.0. The number of rotatable bonds is 5. The minimum absolute atomic E-state index is 0.295. The molecule has 1 N–H and O–H groups in total. The van der Waals surface area contributed by atoms with Crippen LogP contribution in [0, 0.1) is 0 Å². The number of phenols is 1. The van der Waals surface area contributed by atoms with Gasteiger partial charge in [0, 0.05) is 31.7 Å². The summed E-state index contributed by atoms with van der Waals surface area (Å²) in [6.45, 7) is 7.39. The Hall–Kier alpha value is -3.37. The lowest BCUT2D eigenvalue weighted by Gasteiger charge is -2.37. The highest BCUT2D eigenvalue weighted by atomic mass is 16.3. The average molecular weight is 410 g/mol. The molecular formula is C27H27N3O. The van der Waals surface area contributed by atoms with Crippen molar-refractivity contribution in [1.82, 2.24) is 9.91 Å². The van der Waals surface area contributed by atoms with E-state index < -0.39 is 0 Å². The number of hydrogen-bond acceptors (Lipinski definition) is 4. The Labute approximate surface area is 183 Å². The van der Waals surface area contributed by atoms with Gasteiger partial charge in [-0.05, 0) is 40.3 Å². The Morgan fingerprint density at radius 3 is 2.16 bits per heavy atom. The van der Waals surface area contributed by atoms with Crippen LogP contribution in [0.3, 0.4) is 0 Å². The van der Waals surface area contributed by atoms with Gasteiger partial charge in [-0.1, -0.05) is 66.7 Å². The zero-order valence-electron chi connectivity index (χ0n) is 17.6. The van der Waals surface area contributed by atoms with Crippen molar-refractivity contribution >= 4 is 6.21 Å². The van der Waals surface area contributed by atoms with Gasteiger partial charge in [0.15, 0.2) is 0 Å². The standard InChI is InChI=1S/C27H27N3O/c1-2-8-20-9-7-10-21(27(20)31)19-28-30-17-15-29(16-18-30)26-24-13-5-3-11-22(24)23-12-4-6-14-25(23)26/h2-7,9-14,19,26,31H,1,8,15-18H2/b28-19-. The van der Waals surface area contributed by atoms with Gasteiger partial charge in [-0.25, -0.2) is 0 Å². The SMILES string of the molecule is C=CCc1cccc(/C=N\N2CCN(C3c4ccccc4-c4ccccc43)CC2)c1O. The molecule has 0 saturated carbocycles. The molecule has 1 aliphatic carbocycles. The van der Waals surface area contributed by atoms with Gasteiger partial charge in [0.2, 0.25) is 0 Å². The number of phenolic OH excluding ortho intramolecular Hbond substituents is 1. The molecule has 4 heteroatoms. The third-order valence-electron chi connectivity index (χ3n) is 6.33. The molecule has 1 aliphatic heterocycles. The molecule has 0 radical (unpaired) electrons. The molecular weight excluding hydrogens is 382 g/mol. The normalized spacial score (nSPS) is 16.5. The van der Waals surface area contributed by atoms with Crippen LogP contribution in [0.1, 0.15) is 28.3 Å². The van der Waals surface area contributed by atoms with E-state index in [2.05, 4.69) is 70.1 Å². The second-order valence-corrected chi connectivity index (χ2v) is 8.16. The third kappa shape index (κ3) is 3.64. The Kier molecular flexibility index (Phi) is 5.31. The molecule has 0 atom stereocenters. The molecule has 0 amide bonds. The summed E-state index contributed by atoms with van der Waals surface area (Å²) in [6, 6.07) is 23.6. The van der Waals surface area contributed by atoms with E-state index in [1.165, 1.54) is 22.3 Å². The van der Waals surface area contributed by atoms with E-state index in [9.17, 15) is 5.11 Å². The molecule has 5 rings (SSSR count). The summed E-state index contributed by atoms with van der Waals surface area (Å²) in [5.41, 5.74) is 7.16. The zero-order chi connectivity index (χ0) is 21.2. The quantitative estimate of drug-likeness (QED) is 0.484. The van der Waals surface area contributed by atoms with Crippen LogP contribution in [0.15, 0.2) is 84.5 Å². The Morgan fingerprint density at radius 2 is 1.52 bits per heavy atom. The summed E-state index contributed by atoms with van der Waals surface area (Å²) >= 11 is 0. The van der Waals surface area contributed by atoms with Crippen LogP contribution in [0.25, 0.3) is 11.1 Å². The van der Waals surface area contributed by atoms with Gasteiger partial charge in [-0.2, -0.15) is 5.10 Å². The largest absolute Gasteiger partial charge is 0.507 e. The van der Waals surface area contributed by atoms with Gasteiger partial charge in [-0.15, -0.1) is 6.58 Å². The molecule has 0 spiro atoms. The first-order valence-electron chi connectivity index (χ1n) is 10.9. The number of fused-ring (bicyclic) bond motifs is 3. The average Bonchev–Trinajstić information content (AvgIpc) is 3.15. The molecule has 4 nitrogen and oxygen atoms in total. The summed E-state index contributed by atoms with van der Waals surface area (Å²) < 4.78 is 0. The highest BCUT2D eigenvalue weighted by Gasteiger charge is 2.33. The van der Waals surface area contributed by atoms with Gasteiger partial charge in [0.05, 0.1) is 12.3 Å². The van der Waals surface area contributed by atoms with Crippen LogP contribution in [0.5, 0.6) is 5.75 Å². The maximum Gasteiger partial charge on any atom is 0.127 e. The monoisotopic (exact) mass is 409 g/mol. The van der Waals surface area contributed by atoms with Crippen molar-refractivity contribution in [3.05, 3.63) is 102 Å². The molecule has 31 heavy (non-hydrogen) atoms. The van der Waals surface area contributed by atoms with Gasteiger partial charge in [0.1, 0.15) is 5.75 Å². The number of para-hydroxylation sites is 1. The topological polar surface area (TPSA) is 39.1 Å². The first kappa shape index (κ1) is 19.6. The fourth-order valence-corrected chi connectivity index (χ4v) is 4.79. The first-order chi connectivity index (χ1) is 15.3. The van der Waals surface area contributed by atoms with E-state index in [4.69, 9.17) is 0 Å². The van der Waals surface area contributed by atoms with Crippen LogP contribution in [0.4, 0.5) is 0 Å². The third-order valence-corrected chi connectivity index (χ3v) is 6.33. The number of piperazine rings is 1. The molecule has 0 aromatic heterocycles. The molecule has 3 aromatic rings. The Morgan fingerprint density at radius 1 is 0.871 bits per heavy atom. The molecule has 1 saturated heterocycles. The lowest BCUT2D eigenvalue weighted by Crippen LogP contribution is -2.45. The van der Waals surface area contributed by atoms with Crippen molar-refractivity contribution in [1.29, 1.82) is 0 Å². The Bertz CT molecular complexity index is 1080. The summed E-state index contributed by atoms with van der Waals surface area (Å²) in [5, 5.41) is 17.2. The molecule has 1 heterocycles. The number of allylic oxidation sites excluding steroid dienone is 1. The second kappa shape index (κ2) is 8.40. The van der Waals surface area contributed by atoms with Crippen LogP contribution >= 0.6 is 0 Å². The molecule has 2 aliphatic rings. The van der Waals surface area contributed by atoms with Crippen molar-refractivity contribution < 1.29 is 5.11 Å². The molecule has 156 valence electrons. The fourth-order valence-electron chi connectivity index (χ4n) is 4.79. The smallest absolute Gasteiger partial charge is 0.127 e. The maximum absolute atomic E-state index is 10.5. The Balaban J connectivity index is 1.30. The second-order valence-electron chi connectivity index (χ2n) is 8.16. The number of hydrazone groups is 1.